The maximum atomic E-state index is 8.76. The molecule has 2 fully saturated rings. The van der Waals surface area contributed by atoms with Gasteiger partial charge in [0.05, 0.1) is 23.0 Å². The second-order valence-corrected chi connectivity index (χ2v) is 3.39. The second-order valence-electron chi connectivity index (χ2n) is 3.39. The summed E-state index contributed by atoms with van der Waals surface area (Å²) in [5.74, 6) is 0. The summed E-state index contributed by atoms with van der Waals surface area (Å²) in [7, 11) is 0. The van der Waals surface area contributed by atoms with Crippen LogP contribution in [0.5, 0.6) is 0 Å². The quantitative estimate of drug-likeness (QED) is 0.502. The van der Waals surface area contributed by atoms with Gasteiger partial charge >= 0.3 is 0 Å². The fraction of sp³-hybridized carbons (Fsp3) is 0.750. The van der Waals surface area contributed by atoms with Crippen molar-refractivity contribution in [3.8, 4) is 12.1 Å². The molecule has 0 radical (unpaired) electrons. The number of rotatable bonds is 0. The van der Waals surface area contributed by atoms with Crippen LogP contribution in [0.4, 0.5) is 0 Å². The van der Waals surface area contributed by atoms with Gasteiger partial charge in [-0.15, -0.1) is 0 Å². The van der Waals surface area contributed by atoms with E-state index in [4.69, 9.17) is 10.5 Å². The zero-order valence-electron chi connectivity index (χ0n) is 5.72. The molecule has 0 aromatic heterocycles. The van der Waals surface area contributed by atoms with Gasteiger partial charge in [0.15, 0.2) is 0 Å². The van der Waals surface area contributed by atoms with Gasteiger partial charge in [0, 0.05) is 0 Å². The van der Waals surface area contributed by atoms with Gasteiger partial charge in [0.25, 0.3) is 0 Å². The Morgan fingerprint density at radius 2 is 1.10 bits per heavy atom. The molecule has 0 bridgehead atoms. The van der Waals surface area contributed by atoms with Crippen molar-refractivity contribution in [3.63, 3.8) is 0 Å². The maximum absolute atomic E-state index is 8.76. The third-order valence-electron chi connectivity index (χ3n) is 3.30. The fourth-order valence-corrected chi connectivity index (χ4v) is 2.14. The molecule has 0 unspecified atom stereocenters. The minimum atomic E-state index is -0.207. The van der Waals surface area contributed by atoms with Crippen molar-refractivity contribution in [2.75, 3.05) is 0 Å². The lowest BCUT2D eigenvalue weighted by Gasteiger charge is -2.60. The summed E-state index contributed by atoms with van der Waals surface area (Å²) in [6.07, 6.45) is 3.82. The highest BCUT2D eigenvalue weighted by atomic mass is 14.7. The van der Waals surface area contributed by atoms with E-state index in [2.05, 4.69) is 12.1 Å². The van der Waals surface area contributed by atoms with Gasteiger partial charge in [-0.05, 0) is 25.7 Å². The Bertz CT molecular complexity index is 217. The lowest BCUT2D eigenvalue weighted by atomic mass is 9.39. The van der Waals surface area contributed by atoms with Crippen LogP contribution in [0.15, 0.2) is 0 Å². The SMILES string of the molecule is N#CC12CCC1(C#N)CC2. The van der Waals surface area contributed by atoms with Crippen LogP contribution in [0.25, 0.3) is 0 Å². The first-order valence-electron chi connectivity index (χ1n) is 3.61. The average Bonchev–Trinajstić information content (AvgIpc) is 1.96. The van der Waals surface area contributed by atoms with E-state index in [1.165, 1.54) is 0 Å². The molecule has 2 rings (SSSR count). The monoisotopic (exact) mass is 132 g/mol. The predicted molar refractivity (Wildman–Crippen MR) is 34.6 cm³/mol. The molecule has 0 atom stereocenters. The average molecular weight is 132 g/mol. The van der Waals surface area contributed by atoms with Crippen LogP contribution in [0.3, 0.4) is 0 Å². The summed E-state index contributed by atoms with van der Waals surface area (Å²) >= 11 is 0. The summed E-state index contributed by atoms with van der Waals surface area (Å²) < 4.78 is 0. The molecule has 0 spiro atoms. The Morgan fingerprint density at radius 1 is 0.800 bits per heavy atom. The standard InChI is InChI=1S/C8H8N2/c9-5-7-1-2-8(7,6-10)4-3-7/h1-4H2. The normalized spacial score (nSPS) is 49.0. The van der Waals surface area contributed by atoms with E-state index in [0.717, 1.165) is 25.7 Å². The van der Waals surface area contributed by atoms with Crippen LogP contribution in [-0.2, 0) is 0 Å². The van der Waals surface area contributed by atoms with Crippen molar-refractivity contribution >= 4 is 0 Å². The van der Waals surface area contributed by atoms with Gasteiger partial charge in [-0.2, -0.15) is 10.5 Å². The summed E-state index contributed by atoms with van der Waals surface area (Å²) in [6.45, 7) is 0. The van der Waals surface area contributed by atoms with Crippen LogP contribution >= 0.6 is 0 Å². The molecule has 0 amide bonds. The molecule has 2 aliphatic carbocycles. The van der Waals surface area contributed by atoms with Gasteiger partial charge in [-0.1, -0.05) is 0 Å². The Labute approximate surface area is 60.1 Å². The molecule has 0 N–H and O–H groups in total. The molecule has 0 saturated heterocycles. The van der Waals surface area contributed by atoms with Gasteiger partial charge < -0.3 is 0 Å². The number of hydrogen-bond acceptors (Lipinski definition) is 2. The second kappa shape index (κ2) is 1.35. The molecular formula is C8H8N2. The zero-order chi connectivity index (χ0) is 7.24. The van der Waals surface area contributed by atoms with Crippen molar-refractivity contribution in [3.05, 3.63) is 0 Å². The number of hydrogen-bond donors (Lipinski definition) is 0. The van der Waals surface area contributed by atoms with E-state index < -0.39 is 0 Å². The van der Waals surface area contributed by atoms with E-state index >= 15 is 0 Å². The summed E-state index contributed by atoms with van der Waals surface area (Å²) in [5, 5.41) is 17.5. The fourth-order valence-electron chi connectivity index (χ4n) is 2.14. The highest BCUT2D eigenvalue weighted by Gasteiger charge is 2.67. The van der Waals surface area contributed by atoms with Crippen molar-refractivity contribution in [1.29, 1.82) is 10.5 Å². The van der Waals surface area contributed by atoms with E-state index in [-0.39, 0.29) is 10.8 Å². The maximum Gasteiger partial charge on any atom is 0.0761 e. The number of nitriles is 2. The van der Waals surface area contributed by atoms with Gasteiger partial charge in [0.2, 0.25) is 0 Å². The van der Waals surface area contributed by atoms with Crippen LogP contribution in [-0.4, -0.2) is 0 Å². The Balaban J connectivity index is 2.33. The van der Waals surface area contributed by atoms with E-state index in [9.17, 15) is 0 Å². The molecule has 2 aliphatic rings. The van der Waals surface area contributed by atoms with E-state index in [1.807, 2.05) is 0 Å². The first-order valence-corrected chi connectivity index (χ1v) is 3.61. The molecule has 0 aromatic carbocycles. The zero-order valence-corrected chi connectivity index (χ0v) is 5.72. The smallest absolute Gasteiger partial charge is 0.0761 e. The topological polar surface area (TPSA) is 47.6 Å². The summed E-state index contributed by atoms with van der Waals surface area (Å²) in [4.78, 5) is 0. The van der Waals surface area contributed by atoms with Crippen molar-refractivity contribution in [1.82, 2.24) is 0 Å². The molecule has 0 heterocycles. The molecule has 2 saturated carbocycles. The predicted octanol–water partition coefficient (Wildman–Crippen LogP) is 1.59. The first kappa shape index (κ1) is 5.74. The van der Waals surface area contributed by atoms with Crippen molar-refractivity contribution < 1.29 is 0 Å². The van der Waals surface area contributed by atoms with E-state index in [0.29, 0.717) is 0 Å². The highest BCUT2D eigenvalue weighted by Crippen LogP contribution is 2.69. The minimum absolute atomic E-state index is 0.207. The summed E-state index contributed by atoms with van der Waals surface area (Å²) in [5.41, 5.74) is -0.413. The molecule has 50 valence electrons. The first-order chi connectivity index (χ1) is 4.79. The van der Waals surface area contributed by atoms with Gasteiger partial charge in [0.1, 0.15) is 0 Å². The lowest BCUT2D eigenvalue weighted by Crippen LogP contribution is -2.57. The van der Waals surface area contributed by atoms with Crippen LogP contribution in [0.2, 0.25) is 0 Å². The third-order valence-corrected chi connectivity index (χ3v) is 3.30. The molecule has 0 aliphatic heterocycles. The number of nitrogens with zero attached hydrogens (tertiary/aromatic N) is 2. The van der Waals surface area contributed by atoms with Crippen molar-refractivity contribution in [2.24, 2.45) is 10.8 Å². The van der Waals surface area contributed by atoms with Gasteiger partial charge in [-0.25, -0.2) is 0 Å². The molecule has 2 heteroatoms. The molecule has 10 heavy (non-hydrogen) atoms. The van der Waals surface area contributed by atoms with Gasteiger partial charge in [-0.3, -0.25) is 0 Å². The lowest BCUT2D eigenvalue weighted by molar-refractivity contribution is -0.0863. The molecule has 0 aromatic rings. The molecular weight excluding hydrogens is 124 g/mol. The number of fused-ring (bicyclic) bond motifs is 1. The minimum Gasteiger partial charge on any atom is -0.198 e. The van der Waals surface area contributed by atoms with E-state index in [1.54, 1.807) is 0 Å². The van der Waals surface area contributed by atoms with Crippen LogP contribution in [0.1, 0.15) is 25.7 Å². The summed E-state index contributed by atoms with van der Waals surface area (Å²) in [6, 6.07) is 4.57. The van der Waals surface area contributed by atoms with Crippen LogP contribution < -0.4 is 0 Å². The van der Waals surface area contributed by atoms with Crippen LogP contribution in [0, 0.1) is 33.5 Å². The third kappa shape index (κ3) is 0.319. The Kier molecular flexibility index (Phi) is 0.774. The highest BCUT2D eigenvalue weighted by molar-refractivity contribution is 5.31. The Hall–Kier alpha value is -1.02. The Morgan fingerprint density at radius 3 is 1.20 bits per heavy atom. The largest absolute Gasteiger partial charge is 0.198 e. The van der Waals surface area contributed by atoms with Crippen molar-refractivity contribution in [2.45, 2.75) is 25.7 Å². The molecule has 2 nitrogen and oxygen atoms in total.